The van der Waals surface area contributed by atoms with Crippen LogP contribution in [0.1, 0.15) is 17.0 Å². The standard InChI is InChI=1S/C28H39N7O5/c1-17-25(24-18(2)33-40-19(24)3)31-27(20-8-7-9-23(12-20)39-16-22(36)14-29-4)32-26(17)30-13-21-15-38-11-10-35(21)28(37)34(5)6/h7-9,12,21-22,29,36H,10-11,13-16H2,1-6H3,(H,30,31,32)/t21-,22?/m0/s1. The number of carbonyl (C=O) groups is 1. The Morgan fingerprint density at radius 1 is 1.27 bits per heavy atom. The maximum absolute atomic E-state index is 12.8. The molecule has 0 radical (unpaired) electrons. The van der Waals surface area contributed by atoms with Crippen molar-refractivity contribution in [2.45, 2.75) is 32.9 Å². The van der Waals surface area contributed by atoms with Gasteiger partial charge in [-0.1, -0.05) is 17.3 Å². The molecule has 0 bridgehead atoms. The first-order valence-corrected chi connectivity index (χ1v) is 13.4. The molecule has 3 N–H and O–H groups in total. The molecule has 0 aliphatic carbocycles. The number of morpholine rings is 1. The third-order valence-corrected chi connectivity index (χ3v) is 6.75. The van der Waals surface area contributed by atoms with Gasteiger partial charge < -0.3 is 39.5 Å². The van der Waals surface area contributed by atoms with Crippen LogP contribution >= 0.6 is 0 Å². The second-order valence-electron chi connectivity index (χ2n) is 10.1. The third-order valence-electron chi connectivity index (χ3n) is 6.75. The van der Waals surface area contributed by atoms with Crippen molar-refractivity contribution in [1.82, 2.24) is 30.2 Å². The Morgan fingerprint density at radius 2 is 2.08 bits per heavy atom. The zero-order chi connectivity index (χ0) is 28.8. The lowest BCUT2D eigenvalue weighted by Gasteiger charge is -2.37. The summed E-state index contributed by atoms with van der Waals surface area (Å²) in [6, 6.07) is 7.25. The summed E-state index contributed by atoms with van der Waals surface area (Å²) in [4.78, 5) is 26.0. The van der Waals surface area contributed by atoms with Crippen molar-refractivity contribution < 1.29 is 23.9 Å². The average Bonchev–Trinajstić information content (AvgIpc) is 3.28. The Bertz CT molecular complexity index is 1290. The molecule has 12 heteroatoms. The van der Waals surface area contributed by atoms with Gasteiger partial charge in [0.25, 0.3) is 0 Å². The number of hydrogen-bond acceptors (Lipinski definition) is 10. The second kappa shape index (κ2) is 13.1. The molecular formula is C28H39N7O5. The van der Waals surface area contributed by atoms with Gasteiger partial charge in [-0.2, -0.15) is 0 Å². The molecule has 1 saturated heterocycles. The van der Waals surface area contributed by atoms with Crippen LogP contribution in [0.15, 0.2) is 28.8 Å². The Labute approximate surface area is 234 Å². The Hall–Kier alpha value is -3.74. The molecular weight excluding hydrogens is 514 g/mol. The minimum atomic E-state index is -0.631. The van der Waals surface area contributed by atoms with Crippen LogP contribution in [0.2, 0.25) is 0 Å². The quantitative estimate of drug-likeness (QED) is 0.343. The molecule has 0 spiro atoms. The molecule has 0 saturated carbocycles. The van der Waals surface area contributed by atoms with Crippen LogP contribution in [0.3, 0.4) is 0 Å². The van der Waals surface area contributed by atoms with Crippen LogP contribution in [0.25, 0.3) is 22.6 Å². The van der Waals surface area contributed by atoms with Gasteiger partial charge in [-0.3, -0.25) is 0 Å². The van der Waals surface area contributed by atoms with Crippen LogP contribution in [0.4, 0.5) is 10.6 Å². The van der Waals surface area contributed by atoms with Crippen molar-refractivity contribution in [3.63, 3.8) is 0 Å². The average molecular weight is 554 g/mol. The van der Waals surface area contributed by atoms with Gasteiger partial charge in [0.1, 0.15) is 30.0 Å². The van der Waals surface area contributed by atoms with E-state index < -0.39 is 6.10 Å². The molecule has 2 aromatic heterocycles. The number of amides is 2. The van der Waals surface area contributed by atoms with Crippen LogP contribution in [0.5, 0.6) is 5.75 Å². The van der Waals surface area contributed by atoms with Crippen LogP contribution < -0.4 is 15.4 Å². The molecule has 1 aliphatic heterocycles. The van der Waals surface area contributed by atoms with E-state index in [0.29, 0.717) is 61.7 Å². The number of urea groups is 1. The highest BCUT2D eigenvalue weighted by Gasteiger charge is 2.29. The number of benzene rings is 1. The number of likely N-dealkylation sites (N-methyl/N-ethyl adjacent to an activating group) is 1. The van der Waals surface area contributed by atoms with Crippen LogP contribution in [-0.2, 0) is 4.74 Å². The summed E-state index contributed by atoms with van der Waals surface area (Å²) in [5.74, 6) is 2.39. The van der Waals surface area contributed by atoms with E-state index in [1.165, 1.54) is 0 Å². The number of aliphatic hydroxyl groups excluding tert-OH is 1. The number of hydrogen-bond donors (Lipinski definition) is 3. The van der Waals surface area contributed by atoms with E-state index in [-0.39, 0.29) is 18.7 Å². The van der Waals surface area contributed by atoms with Crippen molar-refractivity contribution in [1.29, 1.82) is 0 Å². The van der Waals surface area contributed by atoms with Crippen molar-refractivity contribution in [3.05, 3.63) is 41.3 Å². The summed E-state index contributed by atoms with van der Waals surface area (Å²) in [5.41, 5.74) is 3.85. The molecule has 1 aliphatic rings. The number of aliphatic hydroxyl groups is 1. The van der Waals surface area contributed by atoms with Gasteiger partial charge >= 0.3 is 6.03 Å². The maximum atomic E-state index is 12.8. The molecule has 1 fully saturated rings. The number of aromatic nitrogens is 3. The zero-order valence-corrected chi connectivity index (χ0v) is 24.0. The third kappa shape index (κ3) is 6.69. The first kappa shape index (κ1) is 29.2. The highest BCUT2D eigenvalue weighted by atomic mass is 16.5. The Balaban J connectivity index is 1.67. The number of nitrogens with zero attached hydrogens (tertiary/aromatic N) is 5. The first-order valence-electron chi connectivity index (χ1n) is 13.4. The zero-order valence-electron chi connectivity index (χ0n) is 24.0. The summed E-state index contributed by atoms with van der Waals surface area (Å²) in [7, 11) is 5.27. The van der Waals surface area contributed by atoms with E-state index in [1.807, 2.05) is 49.9 Å². The molecule has 1 unspecified atom stereocenters. The summed E-state index contributed by atoms with van der Waals surface area (Å²) in [6.07, 6.45) is -0.631. The van der Waals surface area contributed by atoms with Gasteiger partial charge in [-0.05, 0) is 40.0 Å². The summed E-state index contributed by atoms with van der Waals surface area (Å²) >= 11 is 0. The Morgan fingerprint density at radius 3 is 2.77 bits per heavy atom. The molecule has 2 amide bonds. The predicted molar refractivity (Wildman–Crippen MR) is 151 cm³/mol. The lowest BCUT2D eigenvalue weighted by Crippen LogP contribution is -2.54. The number of carbonyl (C=O) groups excluding carboxylic acids is 1. The highest BCUT2D eigenvalue weighted by Crippen LogP contribution is 2.33. The molecule has 1 aromatic carbocycles. The van der Waals surface area contributed by atoms with Gasteiger partial charge in [0, 0.05) is 44.9 Å². The summed E-state index contributed by atoms with van der Waals surface area (Å²) in [6.45, 7) is 8.19. The van der Waals surface area contributed by atoms with E-state index in [9.17, 15) is 9.90 Å². The molecule has 216 valence electrons. The van der Waals surface area contributed by atoms with Gasteiger partial charge in [0.15, 0.2) is 5.82 Å². The largest absolute Gasteiger partial charge is 0.491 e. The molecule has 12 nitrogen and oxygen atoms in total. The van der Waals surface area contributed by atoms with Crippen molar-refractivity contribution >= 4 is 11.8 Å². The predicted octanol–water partition coefficient (Wildman–Crippen LogP) is 2.48. The van der Waals surface area contributed by atoms with E-state index >= 15 is 0 Å². The van der Waals surface area contributed by atoms with E-state index in [1.54, 1.807) is 26.0 Å². The first-order chi connectivity index (χ1) is 19.2. The highest BCUT2D eigenvalue weighted by molar-refractivity contribution is 5.75. The summed E-state index contributed by atoms with van der Waals surface area (Å²) < 4.78 is 17.0. The van der Waals surface area contributed by atoms with E-state index in [4.69, 9.17) is 24.0 Å². The van der Waals surface area contributed by atoms with Crippen LogP contribution in [0, 0.1) is 20.8 Å². The lowest BCUT2D eigenvalue weighted by atomic mass is 10.0. The fraction of sp³-hybridized carbons (Fsp3) is 0.500. The fourth-order valence-corrected chi connectivity index (χ4v) is 4.64. The normalized spacial score (nSPS) is 16.1. The van der Waals surface area contributed by atoms with E-state index in [0.717, 1.165) is 22.4 Å². The van der Waals surface area contributed by atoms with Crippen molar-refractivity contribution in [3.8, 4) is 28.4 Å². The molecule has 40 heavy (non-hydrogen) atoms. The minimum Gasteiger partial charge on any atom is -0.491 e. The molecule has 3 aromatic rings. The number of rotatable bonds is 10. The second-order valence-corrected chi connectivity index (χ2v) is 10.1. The summed E-state index contributed by atoms with van der Waals surface area (Å²) in [5, 5.41) is 20.6. The minimum absolute atomic E-state index is 0.0525. The van der Waals surface area contributed by atoms with Gasteiger partial charge in [0.2, 0.25) is 0 Å². The number of aryl methyl sites for hydroxylation is 2. The topological polar surface area (TPSA) is 138 Å². The SMILES string of the molecule is CNCC(O)COc1cccc(-c2nc(NC[C@H]3COCCN3C(=O)N(C)C)c(C)c(-c3c(C)noc3C)n2)c1. The number of ether oxygens (including phenoxy) is 2. The van der Waals surface area contributed by atoms with Crippen LogP contribution in [-0.4, -0.2) is 109 Å². The Kier molecular flexibility index (Phi) is 9.56. The van der Waals surface area contributed by atoms with Crippen molar-refractivity contribution in [2.75, 3.05) is 65.9 Å². The lowest BCUT2D eigenvalue weighted by molar-refractivity contribution is 0.0114. The molecule has 4 rings (SSSR count). The maximum Gasteiger partial charge on any atom is 0.319 e. The smallest absolute Gasteiger partial charge is 0.319 e. The van der Waals surface area contributed by atoms with Gasteiger partial charge in [-0.25, -0.2) is 14.8 Å². The fourth-order valence-electron chi connectivity index (χ4n) is 4.64. The molecule has 2 atom stereocenters. The van der Waals surface area contributed by atoms with Crippen molar-refractivity contribution in [2.24, 2.45) is 0 Å². The van der Waals surface area contributed by atoms with Gasteiger partial charge in [0.05, 0.1) is 36.2 Å². The molecule has 3 heterocycles. The number of nitrogens with one attached hydrogen (secondary N) is 2. The monoisotopic (exact) mass is 553 g/mol. The van der Waals surface area contributed by atoms with Gasteiger partial charge in [-0.15, -0.1) is 0 Å². The van der Waals surface area contributed by atoms with E-state index in [2.05, 4.69) is 15.8 Å². The number of anilines is 1.